The van der Waals surface area contributed by atoms with E-state index in [0.29, 0.717) is 10.7 Å². The van der Waals surface area contributed by atoms with Gasteiger partial charge in [0.1, 0.15) is 6.61 Å². The molecule has 2 aromatic rings. The Morgan fingerprint density at radius 3 is 2.18 bits per heavy atom. The summed E-state index contributed by atoms with van der Waals surface area (Å²) in [7, 11) is 0. The third kappa shape index (κ3) is 5.22. The topological polar surface area (TPSA) is 55.4 Å². The quantitative estimate of drug-likeness (QED) is 0.857. The van der Waals surface area contributed by atoms with Crippen molar-refractivity contribution in [3.8, 4) is 0 Å². The lowest BCUT2D eigenvalue weighted by Gasteiger charge is -2.06. The van der Waals surface area contributed by atoms with Crippen molar-refractivity contribution in [2.75, 3.05) is 5.32 Å². The molecule has 1 N–H and O–H groups in total. The van der Waals surface area contributed by atoms with Gasteiger partial charge in [-0.25, -0.2) is 0 Å². The number of esters is 1. The molecule has 0 bridgehead atoms. The largest absolute Gasteiger partial charge is 0.461 e. The maximum atomic E-state index is 11.8. The van der Waals surface area contributed by atoms with E-state index in [1.54, 1.807) is 36.4 Å². The molecule has 2 rings (SSSR count). The Kier molecular flexibility index (Phi) is 5.55. The fraction of sp³-hybridized carbons (Fsp3) is 0.176. The molecule has 0 aromatic heterocycles. The molecule has 4 nitrogen and oxygen atoms in total. The van der Waals surface area contributed by atoms with E-state index in [2.05, 4.69) is 5.32 Å². The predicted molar refractivity (Wildman–Crippen MR) is 85.7 cm³/mol. The first-order valence-corrected chi connectivity index (χ1v) is 7.17. The van der Waals surface area contributed by atoms with Crippen molar-refractivity contribution >= 4 is 29.2 Å². The number of amides is 1. The van der Waals surface area contributed by atoms with Crippen LogP contribution in [0.25, 0.3) is 0 Å². The molecule has 0 atom stereocenters. The fourth-order valence-corrected chi connectivity index (χ4v) is 2.00. The second-order valence-electron chi connectivity index (χ2n) is 4.84. The summed E-state index contributed by atoms with van der Waals surface area (Å²) >= 11 is 5.79. The molecule has 0 spiro atoms. The minimum atomic E-state index is -0.303. The highest BCUT2D eigenvalue weighted by atomic mass is 35.5. The van der Waals surface area contributed by atoms with Crippen LogP contribution in [0.15, 0.2) is 48.5 Å². The van der Waals surface area contributed by atoms with E-state index < -0.39 is 0 Å². The normalized spacial score (nSPS) is 10.1. The highest BCUT2D eigenvalue weighted by Crippen LogP contribution is 2.12. The third-order valence-electron chi connectivity index (χ3n) is 2.94. The van der Waals surface area contributed by atoms with E-state index in [9.17, 15) is 9.59 Å². The van der Waals surface area contributed by atoms with E-state index in [1.165, 1.54) is 6.92 Å². The number of benzene rings is 2. The number of hydrogen-bond donors (Lipinski definition) is 1. The van der Waals surface area contributed by atoms with Crippen LogP contribution < -0.4 is 5.32 Å². The number of rotatable bonds is 5. The van der Waals surface area contributed by atoms with E-state index in [1.807, 2.05) is 12.1 Å². The van der Waals surface area contributed by atoms with Gasteiger partial charge in [0.05, 0.1) is 6.42 Å². The summed E-state index contributed by atoms with van der Waals surface area (Å²) in [5.74, 6) is -0.433. The molecule has 0 unspecified atom stereocenters. The highest BCUT2D eigenvalue weighted by molar-refractivity contribution is 6.30. The molecular weight excluding hydrogens is 302 g/mol. The van der Waals surface area contributed by atoms with Crippen molar-refractivity contribution in [2.24, 2.45) is 0 Å². The van der Waals surface area contributed by atoms with Crippen LogP contribution in [0.1, 0.15) is 18.1 Å². The van der Waals surface area contributed by atoms with Crippen LogP contribution in [0.4, 0.5) is 5.69 Å². The van der Waals surface area contributed by atoms with Gasteiger partial charge in [-0.1, -0.05) is 35.9 Å². The first-order valence-electron chi connectivity index (χ1n) is 6.79. The standard InChI is InChI=1S/C17H16ClNO3/c1-12(20)19-16-8-4-13(5-9-16)10-17(21)22-11-14-2-6-15(18)7-3-14/h2-9H,10-11H2,1H3,(H,19,20). The second kappa shape index (κ2) is 7.61. The summed E-state index contributed by atoms with van der Waals surface area (Å²) in [6, 6.07) is 14.2. The van der Waals surface area contributed by atoms with Crippen molar-refractivity contribution in [3.05, 3.63) is 64.7 Å². The number of carbonyl (C=O) groups excluding carboxylic acids is 2. The van der Waals surface area contributed by atoms with Gasteiger partial charge in [0.25, 0.3) is 0 Å². The van der Waals surface area contributed by atoms with E-state index >= 15 is 0 Å². The second-order valence-corrected chi connectivity index (χ2v) is 5.28. The lowest BCUT2D eigenvalue weighted by molar-refractivity contribution is -0.144. The minimum absolute atomic E-state index is 0.130. The average Bonchev–Trinajstić information content (AvgIpc) is 2.48. The van der Waals surface area contributed by atoms with Gasteiger partial charge in [0, 0.05) is 17.6 Å². The average molecular weight is 318 g/mol. The molecule has 0 saturated carbocycles. The first-order chi connectivity index (χ1) is 10.5. The highest BCUT2D eigenvalue weighted by Gasteiger charge is 2.06. The molecule has 1 amide bonds. The van der Waals surface area contributed by atoms with Crippen molar-refractivity contribution in [1.29, 1.82) is 0 Å². The van der Waals surface area contributed by atoms with Crippen LogP contribution in [-0.2, 0) is 27.4 Å². The van der Waals surface area contributed by atoms with Crippen molar-refractivity contribution in [3.63, 3.8) is 0 Å². The summed E-state index contributed by atoms with van der Waals surface area (Å²) in [4.78, 5) is 22.7. The Balaban J connectivity index is 1.83. The monoisotopic (exact) mass is 317 g/mol. The minimum Gasteiger partial charge on any atom is -0.461 e. The molecule has 0 saturated heterocycles. The van der Waals surface area contributed by atoms with Crippen LogP contribution in [0.3, 0.4) is 0 Å². The number of hydrogen-bond acceptors (Lipinski definition) is 3. The summed E-state index contributed by atoms with van der Waals surface area (Å²) < 4.78 is 5.21. The third-order valence-corrected chi connectivity index (χ3v) is 3.19. The zero-order chi connectivity index (χ0) is 15.9. The zero-order valence-electron chi connectivity index (χ0n) is 12.1. The van der Waals surface area contributed by atoms with Crippen LogP contribution in [0.2, 0.25) is 5.02 Å². The molecule has 114 valence electrons. The smallest absolute Gasteiger partial charge is 0.310 e. The van der Waals surface area contributed by atoms with Gasteiger partial charge in [0.15, 0.2) is 0 Å². The Hall–Kier alpha value is -2.33. The van der Waals surface area contributed by atoms with Gasteiger partial charge in [-0.3, -0.25) is 9.59 Å². The molecule has 2 aromatic carbocycles. The molecule has 0 aliphatic rings. The predicted octanol–water partition coefficient (Wildman–Crippen LogP) is 3.58. The van der Waals surface area contributed by atoms with Gasteiger partial charge < -0.3 is 10.1 Å². The number of anilines is 1. The molecule has 5 heteroatoms. The summed E-state index contributed by atoms with van der Waals surface area (Å²) in [5, 5.41) is 3.32. The SMILES string of the molecule is CC(=O)Nc1ccc(CC(=O)OCc2ccc(Cl)cc2)cc1. The van der Waals surface area contributed by atoms with Crippen molar-refractivity contribution in [2.45, 2.75) is 20.0 Å². The van der Waals surface area contributed by atoms with E-state index in [0.717, 1.165) is 11.1 Å². The molecule has 0 heterocycles. The number of halogens is 1. The molecule has 22 heavy (non-hydrogen) atoms. The summed E-state index contributed by atoms with van der Waals surface area (Å²) in [5.41, 5.74) is 2.42. The molecule has 0 aliphatic heterocycles. The first kappa shape index (κ1) is 16.0. The lowest BCUT2D eigenvalue weighted by Crippen LogP contribution is -2.08. The van der Waals surface area contributed by atoms with Crippen LogP contribution in [0.5, 0.6) is 0 Å². The van der Waals surface area contributed by atoms with Crippen LogP contribution in [-0.4, -0.2) is 11.9 Å². The van der Waals surface area contributed by atoms with Gasteiger partial charge >= 0.3 is 5.97 Å². The number of nitrogens with one attached hydrogen (secondary N) is 1. The van der Waals surface area contributed by atoms with Crippen LogP contribution >= 0.6 is 11.6 Å². The Morgan fingerprint density at radius 2 is 1.59 bits per heavy atom. The Morgan fingerprint density at radius 1 is 1.00 bits per heavy atom. The molecular formula is C17H16ClNO3. The number of ether oxygens (including phenoxy) is 1. The molecule has 0 fully saturated rings. The summed E-state index contributed by atoms with van der Waals surface area (Å²) in [6.07, 6.45) is 0.188. The van der Waals surface area contributed by atoms with E-state index in [4.69, 9.17) is 16.3 Å². The van der Waals surface area contributed by atoms with Crippen LogP contribution in [0, 0.1) is 0 Å². The molecule has 0 aliphatic carbocycles. The van der Waals surface area contributed by atoms with Gasteiger partial charge in [-0.2, -0.15) is 0 Å². The Labute approximate surface area is 134 Å². The zero-order valence-corrected chi connectivity index (χ0v) is 12.9. The van der Waals surface area contributed by atoms with Gasteiger partial charge in [-0.15, -0.1) is 0 Å². The van der Waals surface area contributed by atoms with Gasteiger partial charge in [-0.05, 0) is 35.4 Å². The maximum absolute atomic E-state index is 11.8. The van der Waals surface area contributed by atoms with Crippen molar-refractivity contribution < 1.29 is 14.3 Å². The summed E-state index contributed by atoms with van der Waals surface area (Å²) in [6.45, 7) is 1.67. The Bertz CT molecular complexity index is 651. The number of carbonyl (C=O) groups is 2. The van der Waals surface area contributed by atoms with Gasteiger partial charge in [0.2, 0.25) is 5.91 Å². The fourth-order valence-electron chi connectivity index (χ4n) is 1.87. The van der Waals surface area contributed by atoms with Crippen molar-refractivity contribution in [1.82, 2.24) is 0 Å². The van der Waals surface area contributed by atoms with E-state index in [-0.39, 0.29) is 24.9 Å². The maximum Gasteiger partial charge on any atom is 0.310 e. The lowest BCUT2D eigenvalue weighted by atomic mass is 10.1. The molecule has 0 radical (unpaired) electrons.